The molecule has 1 amide bonds. The standard InChI is InChI=1S/C17H22N4O2/c1-12-19-16(23-20-12)14-8-5-9-21(11-14)17(22)15(18)10-13-6-3-2-4-7-13/h2-4,6-7,14-15H,5,8-11,18H2,1H3/t14?,15-/m0/s1. The van der Waals surface area contributed by atoms with Gasteiger partial charge in [-0.3, -0.25) is 4.79 Å². The van der Waals surface area contributed by atoms with Gasteiger partial charge in [-0.1, -0.05) is 35.5 Å². The summed E-state index contributed by atoms with van der Waals surface area (Å²) in [5.74, 6) is 1.36. The molecule has 23 heavy (non-hydrogen) atoms. The molecule has 6 nitrogen and oxygen atoms in total. The van der Waals surface area contributed by atoms with Gasteiger partial charge < -0.3 is 15.2 Å². The second-order valence-corrected chi connectivity index (χ2v) is 6.10. The van der Waals surface area contributed by atoms with Crippen molar-refractivity contribution in [2.75, 3.05) is 13.1 Å². The molecule has 6 heteroatoms. The van der Waals surface area contributed by atoms with E-state index in [0.29, 0.717) is 24.7 Å². The van der Waals surface area contributed by atoms with Crippen molar-refractivity contribution in [2.45, 2.75) is 38.1 Å². The van der Waals surface area contributed by atoms with Gasteiger partial charge in [0, 0.05) is 13.1 Å². The fraction of sp³-hybridized carbons (Fsp3) is 0.471. The Morgan fingerprint density at radius 1 is 1.43 bits per heavy atom. The van der Waals surface area contributed by atoms with Crippen LogP contribution in [0.25, 0.3) is 0 Å². The van der Waals surface area contributed by atoms with Crippen LogP contribution in [-0.4, -0.2) is 40.1 Å². The Labute approximate surface area is 135 Å². The van der Waals surface area contributed by atoms with E-state index in [2.05, 4.69) is 10.1 Å². The summed E-state index contributed by atoms with van der Waals surface area (Å²) in [6, 6.07) is 9.35. The molecule has 1 aliphatic rings. The van der Waals surface area contributed by atoms with Crippen molar-refractivity contribution in [3.05, 3.63) is 47.6 Å². The third-order valence-electron chi connectivity index (χ3n) is 4.24. The topological polar surface area (TPSA) is 85.2 Å². The van der Waals surface area contributed by atoms with Crippen molar-refractivity contribution in [3.63, 3.8) is 0 Å². The third kappa shape index (κ3) is 3.76. The second-order valence-electron chi connectivity index (χ2n) is 6.10. The number of nitrogens with zero attached hydrogens (tertiary/aromatic N) is 3. The van der Waals surface area contributed by atoms with Gasteiger partial charge >= 0.3 is 0 Å². The molecular weight excluding hydrogens is 292 g/mol. The van der Waals surface area contributed by atoms with E-state index in [-0.39, 0.29) is 11.8 Å². The summed E-state index contributed by atoms with van der Waals surface area (Å²) in [5.41, 5.74) is 7.20. The fourth-order valence-corrected chi connectivity index (χ4v) is 3.05. The van der Waals surface area contributed by atoms with E-state index in [9.17, 15) is 4.79 Å². The van der Waals surface area contributed by atoms with Crippen LogP contribution >= 0.6 is 0 Å². The molecule has 0 bridgehead atoms. The van der Waals surface area contributed by atoms with Crippen molar-refractivity contribution in [3.8, 4) is 0 Å². The van der Waals surface area contributed by atoms with Gasteiger partial charge in [0.05, 0.1) is 12.0 Å². The van der Waals surface area contributed by atoms with Crippen LogP contribution < -0.4 is 5.73 Å². The van der Waals surface area contributed by atoms with Crippen LogP contribution in [0, 0.1) is 6.92 Å². The van der Waals surface area contributed by atoms with Gasteiger partial charge in [-0.25, -0.2) is 0 Å². The van der Waals surface area contributed by atoms with E-state index < -0.39 is 6.04 Å². The number of hydrogen-bond donors (Lipinski definition) is 1. The summed E-state index contributed by atoms with van der Waals surface area (Å²) in [7, 11) is 0. The SMILES string of the molecule is Cc1noc(C2CCCN(C(=O)[C@@H](N)Cc3ccccc3)C2)n1. The third-order valence-corrected chi connectivity index (χ3v) is 4.24. The van der Waals surface area contributed by atoms with Crippen LogP contribution in [0.3, 0.4) is 0 Å². The molecule has 2 heterocycles. The molecule has 0 radical (unpaired) electrons. The molecule has 0 aliphatic carbocycles. The molecular formula is C17H22N4O2. The number of amides is 1. The van der Waals surface area contributed by atoms with Gasteiger partial charge in [-0.05, 0) is 31.7 Å². The Bertz CT molecular complexity index is 656. The molecule has 0 saturated carbocycles. The van der Waals surface area contributed by atoms with Crippen LogP contribution in [0.4, 0.5) is 0 Å². The highest BCUT2D eigenvalue weighted by Crippen LogP contribution is 2.26. The number of nitrogens with two attached hydrogens (primary N) is 1. The molecule has 1 aliphatic heterocycles. The summed E-state index contributed by atoms with van der Waals surface area (Å²) in [6.07, 6.45) is 2.44. The van der Waals surface area contributed by atoms with Gasteiger partial charge in [-0.2, -0.15) is 4.98 Å². The molecule has 0 spiro atoms. The zero-order chi connectivity index (χ0) is 16.2. The highest BCUT2D eigenvalue weighted by molar-refractivity contribution is 5.82. The lowest BCUT2D eigenvalue weighted by molar-refractivity contribution is -0.133. The lowest BCUT2D eigenvalue weighted by atomic mass is 9.96. The molecule has 2 N–H and O–H groups in total. The number of rotatable bonds is 4. The normalized spacial score (nSPS) is 19.6. The van der Waals surface area contributed by atoms with Crippen LogP contribution in [0.1, 0.15) is 36.0 Å². The Morgan fingerprint density at radius 3 is 2.91 bits per heavy atom. The van der Waals surface area contributed by atoms with Crippen molar-refractivity contribution >= 4 is 5.91 Å². The van der Waals surface area contributed by atoms with E-state index in [1.54, 1.807) is 6.92 Å². The summed E-state index contributed by atoms with van der Waals surface area (Å²) in [6.45, 7) is 3.14. The summed E-state index contributed by atoms with van der Waals surface area (Å²) >= 11 is 0. The highest BCUT2D eigenvalue weighted by Gasteiger charge is 2.30. The quantitative estimate of drug-likeness (QED) is 0.927. The zero-order valence-electron chi connectivity index (χ0n) is 13.3. The monoisotopic (exact) mass is 314 g/mol. The molecule has 2 aromatic rings. The van der Waals surface area contributed by atoms with Gasteiger partial charge in [0.2, 0.25) is 11.8 Å². The predicted molar refractivity (Wildman–Crippen MR) is 85.7 cm³/mol. The maximum absolute atomic E-state index is 12.6. The maximum atomic E-state index is 12.6. The summed E-state index contributed by atoms with van der Waals surface area (Å²) < 4.78 is 5.26. The van der Waals surface area contributed by atoms with E-state index in [4.69, 9.17) is 10.3 Å². The van der Waals surface area contributed by atoms with Crippen molar-refractivity contribution in [1.29, 1.82) is 0 Å². The average Bonchev–Trinajstić information content (AvgIpc) is 3.02. The number of carbonyl (C=O) groups is 1. The molecule has 1 unspecified atom stereocenters. The molecule has 1 aromatic heterocycles. The molecule has 1 saturated heterocycles. The lowest BCUT2D eigenvalue weighted by Gasteiger charge is -2.32. The first-order chi connectivity index (χ1) is 11.1. The van der Waals surface area contributed by atoms with Crippen LogP contribution in [-0.2, 0) is 11.2 Å². The number of benzene rings is 1. The largest absolute Gasteiger partial charge is 0.341 e. The van der Waals surface area contributed by atoms with Gasteiger partial charge in [0.25, 0.3) is 0 Å². The van der Waals surface area contributed by atoms with Gasteiger partial charge in [0.1, 0.15) is 0 Å². The van der Waals surface area contributed by atoms with E-state index in [1.165, 1.54) is 0 Å². The van der Waals surface area contributed by atoms with E-state index in [1.807, 2.05) is 35.2 Å². The Kier molecular flexibility index (Phi) is 4.71. The Hall–Kier alpha value is -2.21. The number of piperidine rings is 1. The molecule has 1 aromatic carbocycles. The van der Waals surface area contributed by atoms with Gasteiger partial charge in [0.15, 0.2) is 5.82 Å². The molecule has 122 valence electrons. The first-order valence-corrected chi connectivity index (χ1v) is 8.02. The van der Waals surface area contributed by atoms with Crippen LogP contribution in [0.5, 0.6) is 0 Å². The Balaban J connectivity index is 1.62. The van der Waals surface area contributed by atoms with E-state index >= 15 is 0 Å². The fourth-order valence-electron chi connectivity index (χ4n) is 3.05. The molecule has 2 atom stereocenters. The number of likely N-dealkylation sites (tertiary alicyclic amines) is 1. The molecule has 3 rings (SSSR count). The van der Waals surface area contributed by atoms with Crippen LogP contribution in [0.2, 0.25) is 0 Å². The van der Waals surface area contributed by atoms with Crippen molar-refractivity contribution < 1.29 is 9.32 Å². The minimum Gasteiger partial charge on any atom is -0.341 e. The first kappa shape index (κ1) is 15.7. The number of aromatic nitrogens is 2. The van der Waals surface area contributed by atoms with Crippen molar-refractivity contribution in [2.24, 2.45) is 5.73 Å². The average molecular weight is 314 g/mol. The highest BCUT2D eigenvalue weighted by atomic mass is 16.5. The smallest absolute Gasteiger partial charge is 0.239 e. The van der Waals surface area contributed by atoms with E-state index in [0.717, 1.165) is 24.9 Å². The van der Waals surface area contributed by atoms with Gasteiger partial charge in [-0.15, -0.1) is 0 Å². The first-order valence-electron chi connectivity index (χ1n) is 8.02. The number of carbonyl (C=O) groups excluding carboxylic acids is 1. The second kappa shape index (κ2) is 6.91. The number of aryl methyl sites for hydroxylation is 1. The van der Waals surface area contributed by atoms with Crippen LogP contribution in [0.15, 0.2) is 34.9 Å². The number of hydrogen-bond acceptors (Lipinski definition) is 5. The van der Waals surface area contributed by atoms with Crippen molar-refractivity contribution in [1.82, 2.24) is 15.0 Å². The summed E-state index contributed by atoms with van der Waals surface area (Å²) in [5, 5.41) is 3.84. The minimum atomic E-state index is -0.513. The maximum Gasteiger partial charge on any atom is 0.239 e. The zero-order valence-corrected chi connectivity index (χ0v) is 13.3. The molecule has 1 fully saturated rings. The Morgan fingerprint density at radius 2 is 2.22 bits per heavy atom. The minimum absolute atomic E-state index is 0.00482. The summed E-state index contributed by atoms with van der Waals surface area (Å²) in [4.78, 5) is 18.7. The predicted octanol–water partition coefficient (Wildman–Crippen LogP) is 1.65. The lowest BCUT2D eigenvalue weighted by Crippen LogP contribution is -2.48.